The molecule has 0 bridgehead atoms. The first-order valence-corrected chi connectivity index (χ1v) is 11.7. The Kier molecular flexibility index (Phi) is 4.00. The molecule has 0 spiro atoms. The predicted octanol–water partition coefficient (Wildman–Crippen LogP) is 7.97. The molecule has 7 rings (SSSR count). The maximum atomic E-state index is 6.22. The van der Waals surface area contributed by atoms with E-state index in [2.05, 4.69) is 102 Å². The molecule has 164 valence electrons. The largest absolute Gasteiger partial charge is 0.423 e. The highest BCUT2D eigenvalue weighted by atomic mass is 16.4. The van der Waals surface area contributed by atoms with Crippen molar-refractivity contribution in [2.75, 3.05) is 0 Å². The van der Waals surface area contributed by atoms with Crippen LogP contribution in [0.1, 0.15) is 25.3 Å². The van der Waals surface area contributed by atoms with Gasteiger partial charge in [-0.1, -0.05) is 86.6 Å². The van der Waals surface area contributed by atoms with E-state index in [-0.39, 0.29) is 0 Å². The molecular weight excluding hydrogens is 418 g/mol. The van der Waals surface area contributed by atoms with E-state index in [0.717, 1.165) is 39.2 Å². The van der Waals surface area contributed by atoms with E-state index in [4.69, 9.17) is 9.40 Å². The van der Waals surface area contributed by atoms with Gasteiger partial charge in [0.25, 0.3) is 0 Å². The van der Waals surface area contributed by atoms with Crippen molar-refractivity contribution >= 4 is 38.7 Å². The minimum absolute atomic E-state index is 0.478. The number of imidazole rings is 1. The second-order valence-corrected chi connectivity index (χ2v) is 9.12. The van der Waals surface area contributed by atoms with E-state index in [1.54, 1.807) is 0 Å². The highest BCUT2D eigenvalue weighted by Crippen LogP contribution is 2.38. The first kappa shape index (κ1) is 19.2. The molecule has 0 saturated heterocycles. The van der Waals surface area contributed by atoms with Gasteiger partial charge in [0, 0.05) is 16.3 Å². The summed E-state index contributed by atoms with van der Waals surface area (Å²) >= 11 is 0. The van der Waals surface area contributed by atoms with E-state index in [1.165, 1.54) is 16.3 Å². The minimum Gasteiger partial charge on any atom is -0.423 e. The molecule has 4 nitrogen and oxygen atoms in total. The number of hydrogen-bond acceptors (Lipinski definition) is 2. The number of aromatic nitrogens is 3. The quantitative estimate of drug-likeness (QED) is 0.279. The van der Waals surface area contributed by atoms with Gasteiger partial charge >= 0.3 is 5.84 Å². The van der Waals surface area contributed by atoms with Gasteiger partial charge in [0.05, 0.1) is 16.6 Å². The lowest BCUT2D eigenvalue weighted by molar-refractivity contribution is 0.641. The van der Waals surface area contributed by atoms with Crippen LogP contribution in [0.3, 0.4) is 0 Å². The van der Waals surface area contributed by atoms with Gasteiger partial charge in [-0.3, -0.25) is 8.97 Å². The first-order valence-electron chi connectivity index (χ1n) is 11.7. The molecular formula is C30H23N3O. The van der Waals surface area contributed by atoms with Gasteiger partial charge in [0.1, 0.15) is 5.69 Å². The van der Waals surface area contributed by atoms with Crippen molar-refractivity contribution in [2.24, 2.45) is 0 Å². The molecule has 3 aromatic heterocycles. The fraction of sp³-hybridized carbons (Fsp3) is 0.100. The lowest BCUT2D eigenvalue weighted by Gasteiger charge is -2.11. The maximum absolute atomic E-state index is 6.22. The van der Waals surface area contributed by atoms with Crippen LogP contribution in [0, 0.1) is 0 Å². The van der Waals surface area contributed by atoms with Gasteiger partial charge in [0.15, 0.2) is 11.4 Å². The van der Waals surface area contributed by atoms with Crippen LogP contribution in [0.2, 0.25) is 0 Å². The Bertz CT molecular complexity index is 1780. The first-order chi connectivity index (χ1) is 16.7. The van der Waals surface area contributed by atoms with Crippen molar-refractivity contribution in [1.29, 1.82) is 0 Å². The number of para-hydroxylation sites is 4. The van der Waals surface area contributed by atoms with Gasteiger partial charge in [-0.2, -0.15) is 4.98 Å². The molecule has 4 aromatic carbocycles. The summed E-state index contributed by atoms with van der Waals surface area (Å²) in [5, 5.41) is 2.43. The van der Waals surface area contributed by atoms with E-state index >= 15 is 0 Å². The summed E-state index contributed by atoms with van der Waals surface area (Å²) in [5.41, 5.74) is 7.57. The second-order valence-electron chi connectivity index (χ2n) is 9.12. The topological polar surface area (TPSA) is 35.4 Å². The predicted molar refractivity (Wildman–Crippen MR) is 139 cm³/mol. The molecule has 0 fully saturated rings. The van der Waals surface area contributed by atoms with Gasteiger partial charge in [0.2, 0.25) is 0 Å². The normalized spacial score (nSPS) is 12.1. The van der Waals surface area contributed by atoms with Crippen LogP contribution >= 0.6 is 0 Å². The van der Waals surface area contributed by atoms with Crippen LogP contribution in [-0.2, 0) is 0 Å². The maximum Gasteiger partial charge on any atom is 0.309 e. The average Bonchev–Trinajstić information content (AvgIpc) is 3.51. The van der Waals surface area contributed by atoms with Crippen LogP contribution in [0.15, 0.2) is 101 Å². The zero-order valence-corrected chi connectivity index (χ0v) is 19.1. The summed E-state index contributed by atoms with van der Waals surface area (Å²) in [6.07, 6.45) is 0. The molecule has 0 aliphatic heterocycles. The zero-order valence-electron chi connectivity index (χ0n) is 19.1. The van der Waals surface area contributed by atoms with Crippen LogP contribution < -0.4 is 0 Å². The summed E-state index contributed by atoms with van der Waals surface area (Å²) in [6.45, 7) is 4.44. The van der Waals surface area contributed by atoms with Crippen LogP contribution in [0.25, 0.3) is 55.8 Å². The number of benzene rings is 4. The Morgan fingerprint density at radius 1 is 0.676 bits per heavy atom. The lowest BCUT2D eigenvalue weighted by atomic mass is 10.0. The van der Waals surface area contributed by atoms with Crippen molar-refractivity contribution in [3.05, 3.63) is 103 Å². The second kappa shape index (κ2) is 7.09. The Labute approximate surface area is 196 Å². The van der Waals surface area contributed by atoms with Gasteiger partial charge in [-0.15, -0.1) is 0 Å². The number of fused-ring (bicyclic) bond motifs is 6. The molecule has 0 aliphatic carbocycles. The zero-order chi connectivity index (χ0) is 22.8. The smallest absolute Gasteiger partial charge is 0.309 e. The summed E-state index contributed by atoms with van der Waals surface area (Å²) in [6, 6.07) is 34.0. The van der Waals surface area contributed by atoms with Crippen molar-refractivity contribution in [3.63, 3.8) is 0 Å². The fourth-order valence-corrected chi connectivity index (χ4v) is 5.10. The van der Waals surface area contributed by atoms with Crippen molar-refractivity contribution in [3.8, 4) is 17.1 Å². The molecule has 3 heterocycles. The third kappa shape index (κ3) is 2.62. The number of nitrogens with zero attached hydrogens (tertiary/aromatic N) is 3. The lowest BCUT2D eigenvalue weighted by Crippen LogP contribution is -1.98. The van der Waals surface area contributed by atoms with E-state index in [0.29, 0.717) is 11.8 Å². The number of rotatable bonds is 3. The highest BCUT2D eigenvalue weighted by Gasteiger charge is 2.24. The monoisotopic (exact) mass is 441 g/mol. The van der Waals surface area contributed by atoms with Gasteiger partial charge in [-0.25, -0.2) is 0 Å². The van der Waals surface area contributed by atoms with E-state index in [9.17, 15) is 0 Å². The molecule has 7 aromatic rings. The van der Waals surface area contributed by atoms with Crippen LogP contribution in [0.5, 0.6) is 0 Å². The van der Waals surface area contributed by atoms with Crippen molar-refractivity contribution in [2.45, 2.75) is 19.8 Å². The number of hydrogen-bond donors (Lipinski definition) is 0. The summed E-state index contributed by atoms with van der Waals surface area (Å²) in [4.78, 5) is 5.09. The standard InChI is InChI=1S/C30H23N3O/c1-19(2)20-15-17-21(18-16-20)28-29(31-30-33(28)26-13-7-8-14-27(26)34-30)32-24-11-5-3-9-22(24)23-10-4-6-12-25(23)32/h3-19H,1-2H3. The Hall–Kier alpha value is -4.31. The third-order valence-electron chi connectivity index (χ3n) is 6.78. The molecule has 0 saturated carbocycles. The third-order valence-corrected chi connectivity index (χ3v) is 6.78. The molecule has 4 heteroatoms. The Balaban J connectivity index is 1.63. The highest BCUT2D eigenvalue weighted by molar-refractivity contribution is 6.09. The average molecular weight is 442 g/mol. The number of oxazole rings is 1. The molecule has 34 heavy (non-hydrogen) atoms. The molecule has 0 aliphatic rings. The van der Waals surface area contributed by atoms with E-state index < -0.39 is 0 Å². The Morgan fingerprint density at radius 2 is 1.26 bits per heavy atom. The summed E-state index contributed by atoms with van der Waals surface area (Å²) in [7, 11) is 0. The fourth-order valence-electron chi connectivity index (χ4n) is 5.10. The summed E-state index contributed by atoms with van der Waals surface area (Å²) < 4.78 is 10.6. The minimum atomic E-state index is 0.478. The van der Waals surface area contributed by atoms with E-state index in [1.807, 2.05) is 18.2 Å². The van der Waals surface area contributed by atoms with Crippen LogP contribution in [-0.4, -0.2) is 14.0 Å². The summed E-state index contributed by atoms with van der Waals surface area (Å²) in [5.74, 6) is 1.95. The van der Waals surface area contributed by atoms with Crippen LogP contribution in [0.4, 0.5) is 0 Å². The van der Waals surface area contributed by atoms with Crippen molar-refractivity contribution < 1.29 is 4.42 Å². The Morgan fingerprint density at radius 3 is 1.91 bits per heavy atom. The van der Waals surface area contributed by atoms with Crippen molar-refractivity contribution in [1.82, 2.24) is 14.0 Å². The van der Waals surface area contributed by atoms with Gasteiger partial charge < -0.3 is 4.42 Å². The molecule has 0 amide bonds. The molecule has 0 N–H and O–H groups in total. The molecule has 0 radical (unpaired) electrons. The van der Waals surface area contributed by atoms with Gasteiger partial charge in [-0.05, 0) is 35.7 Å². The molecule has 0 atom stereocenters. The SMILES string of the molecule is CC(C)c1ccc(-c2c(-n3c4ccccc4c4ccccc43)nc3oc4ccccc4n23)cc1. The molecule has 0 unspecified atom stereocenters.